The lowest BCUT2D eigenvalue weighted by atomic mass is 9.83. The van der Waals surface area contributed by atoms with Gasteiger partial charge in [-0.1, -0.05) is 12.1 Å². The zero-order valence-electron chi connectivity index (χ0n) is 15.2. The summed E-state index contributed by atoms with van der Waals surface area (Å²) in [6, 6.07) is 9.80. The van der Waals surface area contributed by atoms with Gasteiger partial charge in [0.15, 0.2) is 29.3 Å². The Bertz CT molecular complexity index is 792. The highest BCUT2D eigenvalue weighted by atomic mass is 16.6. The third-order valence-electron chi connectivity index (χ3n) is 5.05. The maximum absolute atomic E-state index is 10.5. The van der Waals surface area contributed by atoms with Gasteiger partial charge in [-0.15, -0.1) is 0 Å². The summed E-state index contributed by atoms with van der Waals surface area (Å²) in [6.45, 7) is -0.176. The van der Waals surface area contributed by atoms with Gasteiger partial charge in [0.25, 0.3) is 0 Å². The van der Waals surface area contributed by atoms with Crippen molar-refractivity contribution < 1.29 is 34.6 Å². The molecule has 146 valence electrons. The van der Waals surface area contributed by atoms with E-state index in [1.807, 2.05) is 0 Å². The molecule has 0 aliphatic carbocycles. The Morgan fingerprint density at radius 3 is 2.19 bits per heavy atom. The summed E-state index contributed by atoms with van der Waals surface area (Å²) in [7, 11) is 2.92. The molecule has 27 heavy (non-hydrogen) atoms. The van der Waals surface area contributed by atoms with Crippen LogP contribution in [0.2, 0.25) is 0 Å². The number of aliphatic hydroxyl groups is 2. The van der Waals surface area contributed by atoms with Gasteiger partial charge in [-0.25, -0.2) is 0 Å². The normalized spacial score (nSPS) is 24.7. The summed E-state index contributed by atoms with van der Waals surface area (Å²) in [6.07, 6.45) is -1.16. The Morgan fingerprint density at radius 1 is 0.926 bits per heavy atom. The predicted octanol–water partition coefficient (Wildman–Crippen LogP) is 1.97. The number of phenols is 2. The molecule has 0 saturated carbocycles. The molecule has 7 nitrogen and oxygen atoms in total. The highest BCUT2D eigenvalue weighted by molar-refractivity contribution is 5.43. The van der Waals surface area contributed by atoms with E-state index >= 15 is 0 Å². The van der Waals surface area contributed by atoms with Crippen molar-refractivity contribution in [1.29, 1.82) is 0 Å². The Hall–Kier alpha value is -2.48. The van der Waals surface area contributed by atoms with E-state index in [1.54, 1.807) is 24.3 Å². The van der Waals surface area contributed by atoms with Crippen LogP contribution in [0, 0.1) is 11.8 Å². The average Bonchev–Trinajstić information content (AvgIpc) is 2.99. The first-order chi connectivity index (χ1) is 13.0. The van der Waals surface area contributed by atoms with Crippen molar-refractivity contribution in [2.24, 2.45) is 11.8 Å². The number of hydrogen-bond donors (Lipinski definition) is 4. The number of rotatable bonds is 6. The molecule has 0 aromatic heterocycles. The highest BCUT2D eigenvalue weighted by Gasteiger charge is 2.44. The van der Waals surface area contributed by atoms with Gasteiger partial charge >= 0.3 is 0 Å². The van der Waals surface area contributed by atoms with Crippen LogP contribution in [0.5, 0.6) is 23.0 Å². The van der Waals surface area contributed by atoms with Crippen LogP contribution < -0.4 is 9.47 Å². The molecule has 1 saturated heterocycles. The van der Waals surface area contributed by atoms with Gasteiger partial charge < -0.3 is 34.6 Å². The minimum Gasteiger partial charge on any atom is -0.504 e. The van der Waals surface area contributed by atoms with E-state index in [-0.39, 0.29) is 29.9 Å². The van der Waals surface area contributed by atoms with Crippen molar-refractivity contribution in [3.05, 3.63) is 47.5 Å². The molecule has 1 fully saturated rings. The van der Waals surface area contributed by atoms with Gasteiger partial charge in [0, 0.05) is 18.4 Å². The first-order valence-electron chi connectivity index (χ1n) is 8.65. The Balaban J connectivity index is 1.85. The number of hydrogen-bond acceptors (Lipinski definition) is 7. The lowest BCUT2D eigenvalue weighted by Crippen LogP contribution is -2.25. The number of methoxy groups -OCH3 is 2. The fourth-order valence-electron chi connectivity index (χ4n) is 3.59. The standard InChI is InChI=1S/C20H24O7/c1-25-17-8-11(3-5-15(17)22)7-13-14(10-21)19(27-20(13)24)12-4-6-16(23)18(9-12)26-2/h3-6,8-9,13-14,19-24H,7,10H2,1-2H3. The smallest absolute Gasteiger partial charge is 0.160 e. The molecular weight excluding hydrogens is 352 g/mol. The van der Waals surface area contributed by atoms with E-state index in [4.69, 9.17) is 14.2 Å². The van der Waals surface area contributed by atoms with Crippen molar-refractivity contribution in [3.63, 3.8) is 0 Å². The van der Waals surface area contributed by atoms with Crippen LogP contribution in [0.1, 0.15) is 17.2 Å². The van der Waals surface area contributed by atoms with E-state index < -0.39 is 12.4 Å². The first kappa shape index (κ1) is 19.3. The summed E-state index contributed by atoms with van der Waals surface area (Å²) >= 11 is 0. The average molecular weight is 376 g/mol. The molecule has 4 N–H and O–H groups in total. The Morgan fingerprint density at radius 2 is 1.56 bits per heavy atom. The first-order valence-corrected chi connectivity index (χ1v) is 8.65. The molecule has 3 rings (SSSR count). The maximum Gasteiger partial charge on any atom is 0.160 e. The molecule has 1 aliphatic heterocycles. The van der Waals surface area contributed by atoms with Gasteiger partial charge in [-0.2, -0.15) is 0 Å². The molecule has 2 aromatic rings. The number of aromatic hydroxyl groups is 2. The number of benzene rings is 2. The second kappa shape index (κ2) is 8.04. The molecular formula is C20H24O7. The van der Waals surface area contributed by atoms with Gasteiger partial charge in [0.1, 0.15) is 0 Å². The van der Waals surface area contributed by atoms with Crippen LogP contribution in [0.15, 0.2) is 36.4 Å². The Labute approximate surface area is 157 Å². The molecule has 0 bridgehead atoms. The van der Waals surface area contributed by atoms with Crippen molar-refractivity contribution in [1.82, 2.24) is 0 Å². The molecule has 0 spiro atoms. The number of phenolic OH excluding ortho intramolecular Hbond substituents is 2. The lowest BCUT2D eigenvalue weighted by Gasteiger charge is -2.22. The van der Waals surface area contributed by atoms with E-state index in [2.05, 4.69) is 0 Å². The molecule has 1 aliphatic rings. The molecule has 7 heteroatoms. The van der Waals surface area contributed by atoms with Gasteiger partial charge in [-0.3, -0.25) is 0 Å². The second-order valence-electron chi connectivity index (χ2n) is 6.60. The van der Waals surface area contributed by atoms with Crippen molar-refractivity contribution in [2.45, 2.75) is 18.8 Å². The van der Waals surface area contributed by atoms with E-state index in [9.17, 15) is 20.4 Å². The van der Waals surface area contributed by atoms with E-state index in [1.165, 1.54) is 26.4 Å². The monoisotopic (exact) mass is 376 g/mol. The molecule has 2 aromatic carbocycles. The van der Waals surface area contributed by atoms with E-state index in [0.717, 1.165) is 5.56 Å². The van der Waals surface area contributed by atoms with Crippen LogP contribution in [0.4, 0.5) is 0 Å². The van der Waals surface area contributed by atoms with Crippen LogP contribution in [0.25, 0.3) is 0 Å². The summed E-state index contributed by atoms with van der Waals surface area (Å²) in [4.78, 5) is 0. The highest BCUT2D eigenvalue weighted by Crippen LogP contribution is 2.44. The number of ether oxygens (including phenoxy) is 3. The third kappa shape index (κ3) is 3.80. The molecule has 0 radical (unpaired) electrons. The summed E-state index contributed by atoms with van der Waals surface area (Å²) in [5, 5.41) is 39.9. The summed E-state index contributed by atoms with van der Waals surface area (Å²) in [5.41, 5.74) is 1.55. The van der Waals surface area contributed by atoms with Gasteiger partial charge in [0.05, 0.1) is 20.3 Å². The SMILES string of the molecule is COc1cc(CC2C(O)OC(c3ccc(O)c(OC)c3)C2CO)ccc1O. The summed E-state index contributed by atoms with van der Waals surface area (Å²) < 4.78 is 16.0. The van der Waals surface area contributed by atoms with Crippen LogP contribution in [-0.4, -0.2) is 47.5 Å². The lowest BCUT2D eigenvalue weighted by molar-refractivity contribution is -0.109. The minimum absolute atomic E-state index is 0.00748. The fraction of sp³-hybridized carbons (Fsp3) is 0.400. The molecule has 0 amide bonds. The predicted molar refractivity (Wildman–Crippen MR) is 96.9 cm³/mol. The number of aliphatic hydroxyl groups excluding tert-OH is 2. The van der Waals surface area contributed by atoms with Crippen molar-refractivity contribution in [2.75, 3.05) is 20.8 Å². The van der Waals surface area contributed by atoms with Gasteiger partial charge in [0.2, 0.25) is 0 Å². The summed E-state index contributed by atoms with van der Waals surface area (Å²) in [5.74, 6) is -0.0105. The van der Waals surface area contributed by atoms with Crippen molar-refractivity contribution in [3.8, 4) is 23.0 Å². The second-order valence-corrected chi connectivity index (χ2v) is 6.60. The topological polar surface area (TPSA) is 109 Å². The maximum atomic E-state index is 10.5. The zero-order chi connectivity index (χ0) is 19.6. The van der Waals surface area contributed by atoms with Crippen molar-refractivity contribution >= 4 is 0 Å². The van der Waals surface area contributed by atoms with Gasteiger partial charge in [-0.05, 0) is 41.8 Å². The fourth-order valence-corrected chi connectivity index (χ4v) is 3.59. The Kier molecular flexibility index (Phi) is 5.74. The van der Waals surface area contributed by atoms with Crippen LogP contribution in [-0.2, 0) is 11.2 Å². The molecule has 1 heterocycles. The zero-order valence-corrected chi connectivity index (χ0v) is 15.2. The van der Waals surface area contributed by atoms with E-state index in [0.29, 0.717) is 23.5 Å². The molecule has 4 atom stereocenters. The molecule has 4 unspecified atom stereocenters. The minimum atomic E-state index is -1.06. The van der Waals surface area contributed by atoms with Crippen LogP contribution >= 0.6 is 0 Å². The largest absolute Gasteiger partial charge is 0.504 e. The van der Waals surface area contributed by atoms with Crippen LogP contribution in [0.3, 0.4) is 0 Å². The quantitative estimate of drug-likeness (QED) is 0.610. The third-order valence-corrected chi connectivity index (χ3v) is 5.05.